The minimum Gasteiger partial charge on any atom is -0.357 e. The van der Waals surface area contributed by atoms with Crippen LogP contribution in [0.5, 0.6) is 0 Å². The van der Waals surface area contributed by atoms with E-state index in [1.807, 2.05) is 66.7 Å². The first-order valence-electron chi connectivity index (χ1n) is 10.7. The molecule has 2 amide bonds. The molecular formula is C26H25BrCl2N2O2S. The Hall–Kier alpha value is -1.99. The summed E-state index contributed by atoms with van der Waals surface area (Å²) in [4.78, 5) is 28.0. The molecule has 0 fully saturated rings. The number of thioether (sulfide) groups is 1. The van der Waals surface area contributed by atoms with E-state index in [9.17, 15) is 9.59 Å². The van der Waals surface area contributed by atoms with Gasteiger partial charge >= 0.3 is 0 Å². The summed E-state index contributed by atoms with van der Waals surface area (Å²) < 4.78 is 0.957. The van der Waals surface area contributed by atoms with Gasteiger partial charge in [0.15, 0.2) is 0 Å². The molecule has 1 atom stereocenters. The van der Waals surface area contributed by atoms with Gasteiger partial charge < -0.3 is 10.2 Å². The van der Waals surface area contributed by atoms with Gasteiger partial charge in [-0.2, -0.15) is 0 Å². The first kappa shape index (κ1) is 26.6. The maximum absolute atomic E-state index is 13.4. The van der Waals surface area contributed by atoms with E-state index < -0.39 is 6.04 Å². The van der Waals surface area contributed by atoms with E-state index in [1.54, 1.807) is 18.0 Å². The molecule has 0 aliphatic heterocycles. The van der Waals surface area contributed by atoms with E-state index in [1.165, 1.54) is 11.8 Å². The van der Waals surface area contributed by atoms with Crippen molar-refractivity contribution in [1.29, 1.82) is 0 Å². The number of hydrogen-bond donors (Lipinski definition) is 1. The normalized spacial score (nSPS) is 11.6. The summed E-state index contributed by atoms with van der Waals surface area (Å²) in [5, 5.41) is 3.73. The number of amides is 2. The standard InChI is InChI=1S/C26H25BrCl2N2O2S/c1-30-26(33)24(14-18-5-3-2-4-6-18)31(15-19-7-10-21(27)11-8-19)25(32)17-34-16-20-9-12-22(28)23(29)13-20/h2-13,24H,14-17H2,1H3,(H,30,33). The molecule has 4 nitrogen and oxygen atoms in total. The third-order valence-corrected chi connectivity index (χ3v) is 7.52. The lowest BCUT2D eigenvalue weighted by Gasteiger charge is -2.31. The summed E-state index contributed by atoms with van der Waals surface area (Å²) in [5.74, 6) is 0.554. The predicted molar refractivity (Wildman–Crippen MR) is 145 cm³/mol. The van der Waals surface area contributed by atoms with Crippen molar-refractivity contribution in [3.63, 3.8) is 0 Å². The van der Waals surface area contributed by atoms with Gasteiger partial charge in [0.1, 0.15) is 6.04 Å². The van der Waals surface area contributed by atoms with Crippen LogP contribution in [0.1, 0.15) is 16.7 Å². The fourth-order valence-corrected chi connectivity index (χ4v) is 4.92. The van der Waals surface area contributed by atoms with Crippen LogP contribution in [0.3, 0.4) is 0 Å². The number of benzene rings is 3. The molecule has 8 heteroatoms. The van der Waals surface area contributed by atoms with Gasteiger partial charge in [0.25, 0.3) is 0 Å². The summed E-state index contributed by atoms with van der Waals surface area (Å²) >= 11 is 17.0. The van der Waals surface area contributed by atoms with Gasteiger partial charge in [-0.1, -0.05) is 87.7 Å². The summed E-state index contributed by atoms with van der Waals surface area (Å²) in [6, 6.07) is 22.3. The number of carbonyl (C=O) groups is 2. The molecule has 0 heterocycles. The molecule has 1 unspecified atom stereocenters. The summed E-state index contributed by atoms with van der Waals surface area (Å²) in [5.41, 5.74) is 2.93. The number of rotatable bonds is 10. The van der Waals surface area contributed by atoms with Gasteiger partial charge in [-0.3, -0.25) is 9.59 Å². The first-order valence-corrected chi connectivity index (χ1v) is 13.4. The zero-order valence-electron chi connectivity index (χ0n) is 18.6. The molecule has 0 spiro atoms. The molecule has 3 aromatic rings. The van der Waals surface area contributed by atoms with Gasteiger partial charge in [-0.15, -0.1) is 11.8 Å². The quantitative estimate of drug-likeness (QED) is 0.303. The third kappa shape index (κ3) is 7.77. The van der Waals surface area contributed by atoms with E-state index in [-0.39, 0.29) is 17.6 Å². The maximum Gasteiger partial charge on any atom is 0.242 e. The van der Waals surface area contributed by atoms with Crippen LogP contribution in [0.25, 0.3) is 0 Å². The van der Waals surface area contributed by atoms with E-state index in [4.69, 9.17) is 23.2 Å². The van der Waals surface area contributed by atoms with Gasteiger partial charge in [-0.25, -0.2) is 0 Å². The monoisotopic (exact) mass is 578 g/mol. The molecule has 0 bridgehead atoms. The Morgan fingerprint density at radius 3 is 2.26 bits per heavy atom. The smallest absolute Gasteiger partial charge is 0.242 e. The van der Waals surface area contributed by atoms with Crippen molar-refractivity contribution in [2.24, 2.45) is 0 Å². The molecule has 0 saturated heterocycles. The van der Waals surface area contributed by atoms with Crippen LogP contribution in [0, 0.1) is 0 Å². The molecular weight excluding hydrogens is 555 g/mol. The maximum atomic E-state index is 13.4. The Balaban J connectivity index is 1.79. The minimum absolute atomic E-state index is 0.0995. The van der Waals surface area contributed by atoms with Crippen molar-refractivity contribution in [3.8, 4) is 0 Å². The van der Waals surface area contributed by atoms with Crippen molar-refractivity contribution in [2.45, 2.75) is 24.8 Å². The predicted octanol–water partition coefficient (Wildman–Crippen LogP) is 6.38. The summed E-state index contributed by atoms with van der Waals surface area (Å²) in [6.07, 6.45) is 0.431. The average Bonchev–Trinajstić information content (AvgIpc) is 2.84. The molecule has 1 N–H and O–H groups in total. The second kappa shape index (κ2) is 13.2. The lowest BCUT2D eigenvalue weighted by molar-refractivity contribution is -0.139. The van der Waals surface area contributed by atoms with Crippen molar-refractivity contribution in [3.05, 3.63) is 104 Å². The number of likely N-dealkylation sites (N-methyl/N-ethyl adjacent to an activating group) is 1. The highest BCUT2D eigenvalue weighted by Gasteiger charge is 2.29. The van der Waals surface area contributed by atoms with Crippen LogP contribution in [-0.4, -0.2) is 35.6 Å². The Morgan fingerprint density at radius 2 is 1.62 bits per heavy atom. The van der Waals surface area contributed by atoms with Crippen LogP contribution >= 0.6 is 50.9 Å². The summed E-state index contributed by atoms with van der Waals surface area (Å²) in [7, 11) is 1.60. The highest BCUT2D eigenvalue weighted by Crippen LogP contribution is 2.25. The molecule has 3 rings (SSSR count). The minimum atomic E-state index is -0.630. The zero-order valence-corrected chi connectivity index (χ0v) is 22.6. The fourth-order valence-electron chi connectivity index (χ4n) is 3.48. The van der Waals surface area contributed by atoms with Crippen LogP contribution in [0.15, 0.2) is 77.3 Å². The van der Waals surface area contributed by atoms with Crippen molar-refractivity contribution in [1.82, 2.24) is 10.2 Å². The van der Waals surface area contributed by atoms with Crippen LogP contribution < -0.4 is 5.32 Å². The largest absolute Gasteiger partial charge is 0.357 e. The number of carbonyl (C=O) groups excluding carboxylic acids is 2. The average molecular weight is 580 g/mol. The Kier molecular flexibility index (Phi) is 10.3. The third-order valence-electron chi connectivity index (χ3n) is 5.26. The van der Waals surface area contributed by atoms with Gasteiger partial charge in [0.2, 0.25) is 11.8 Å². The first-order chi connectivity index (χ1) is 16.4. The van der Waals surface area contributed by atoms with Crippen LogP contribution in [0.2, 0.25) is 10.0 Å². The Bertz CT molecular complexity index is 1110. The zero-order chi connectivity index (χ0) is 24.5. The highest BCUT2D eigenvalue weighted by molar-refractivity contribution is 9.10. The van der Waals surface area contributed by atoms with Crippen molar-refractivity contribution in [2.75, 3.05) is 12.8 Å². The van der Waals surface area contributed by atoms with E-state index in [0.29, 0.717) is 28.8 Å². The van der Waals surface area contributed by atoms with Gasteiger partial charge in [0, 0.05) is 30.2 Å². The molecule has 0 aliphatic carbocycles. The molecule has 0 aliphatic rings. The second-order valence-electron chi connectivity index (χ2n) is 7.71. The number of nitrogens with zero attached hydrogens (tertiary/aromatic N) is 1. The lowest BCUT2D eigenvalue weighted by Crippen LogP contribution is -2.50. The fraction of sp³-hybridized carbons (Fsp3) is 0.231. The van der Waals surface area contributed by atoms with Gasteiger partial charge in [-0.05, 0) is 41.0 Å². The SMILES string of the molecule is CNC(=O)C(Cc1ccccc1)N(Cc1ccc(Br)cc1)C(=O)CSCc1ccc(Cl)c(Cl)c1. The van der Waals surface area contributed by atoms with E-state index >= 15 is 0 Å². The van der Waals surface area contributed by atoms with Crippen LogP contribution in [0.4, 0.5) is 0 Å². The topological polar surface area (TPSA) is 49.4 Å². The van der Waals surface area contributed by atoms with Crippen molar-refractivity contribution >= 4 is 62.7 Å². The molecule has 34 heavy (non-hydrogen) atoms. The van der Waals surface area contributed by atoms with Gasteiger partial charge in [0.05, 0.1) is 15.8 Å². The molecule has 0 radical (unpaired) electrons. The number of halogens is 3. The molecule has 0 aromatic heterocycles. The van der Waals surface area contributed by atoms with E-state index in [0.717, 1.165) is 21.2 Å². The molecule has 3 aromatic carbocycles. The molecule has 178 valence electrons. The number of hydrogen-bond acceptors (Lipinski definition) is 3. The second-order valence-corrected chi connectivity index (χ2v) is 10.4. The van der Waals surface area contributed by atoms with Crippen LogP contribution in [-0.2, 0) is 28.3 Å². The molecule has 0 saturated carbocycles. The van der Waals surface area contributed by atoms with Crippen molar-refractivity contribution < 1.29 is 9.59 Å². The van der Waals surface area contributed by atoms with E-state index in [2.05, 4.69) is 21.2 Å². The Labute approximate surface area is 223 Å². The highest BCUT2D eigenvalue weighted by atomic mass is 79.9. The number of nitrogens with one attached hydrogen (secondary N) is 1. The lowest BCUT2D eigenvalue weighted by atomic mass is 10.0. The Morgan fingerprint density at radius 1 is 0.941 bits per heavy atom. The summed E-state index contributed by atoms with van der Waals surface area (Å²) in [6.45, 7) is 0.338.